The predicted molar refractivity (Wildman–Crippen MR) is 80.4 cm³/mol. The van der Waals surface area contributed by atoms with E-state index in [9.17, 15) is 4.79 Å². The first-order valence-electron chi connectivity index (χ1n) is 6.23. The molecule has 0 saturated carbocycles. The molecular formula is C12H18Cl2N4O2. The van der Waals surface area contributed by atoms with Crippen LogP contribution in [0.1, 0.15) is 13.3 Å². The highest BCUT2D eigenvalue weighted by molar-refractivity contribution is 6.35. The second-order valence-corrected chi connectivity index (χ2v) is 5.07. The monoisotopic (exact) mass is 320 g/mol. The zero-order valence-electron chi connectivity index (χ0n) is 11.1. The molecule has 0 radical (unpaired) electrons. The predicted octanol–water partition coefficient (Wildman–Crippen LogP) is 1.87. The summed E-state index contributed by atoms with van der Waals surface area (Å²) in [5.41, 5.74) is 0. The highest BCUT2D eigenvalue weighted by Gasteiger charge is 2.03. The Morgan fingerprint density at radius 3 is 2.70 bits per heavy atom. The Bertz CT molecular complexity index is 443. The molecule has 4 N–H and O–H groups in total. The van der Waals surface area contributed by atoms with Crippen LogP contribution in [-0.4, -0.2) is 41.9 Å². The molecule has 1 aromatic heterocycles. The maximum absolute atomic E-state index is 11.4. The number of anilines is 1. The van der Waals surface area contributed by atoms with Crippen LogP contribution in [0.25, 0.3) is 0 Å². The number of aromatic nitrogens is 1. The van der Waals surface area contributed by atoms with Crippen LogP contribution in [0.2, 0.25) is 10.0 Å². The number of pyridine rings is 1. The van der Waals surface area contributed by atoms with E-state index in [-0.39, 0.29) is 6.03 Å². The van der Waals surface area contributed by atoms with Crippen molar-refractivity contribution in [1.29, 1.82) is 0 Å². The van der Waals surface area contributed by atoms with E-state index < -0.39 is 6.10 Å². The molecule has 1 aromatic rings. The maximum Gasteiger partial charge on any atom is 0.314 e. The molecule has 1 atom stereocenters. The number of carbonyl (C=O) groups is 1. The first-order valence-corrected chi connectivity index (χ1v) is 6.99. The van der Waals surface area contributed by atoms with Gasteiger partial charge in [-0.05, 0) is 19.4 Å². The molecular weight excluding hydrogens is 303 g/mol. The first-order chi connectivity index (χ1) is 9.49. The van der Waals surface area contributed by atoms with E-state index in [0.29, 0.717) is 41.9 Å². The fourth-order valence-electron chi connectivity index (χ4n) is 1.36. The van der Waals surface area contributed by atoms with Crippen molar-refractivity contribution in [2.24, 2.45) is 0 Å². The lowest BCUT2D eigenvalue weighted by atomic mass is 10.3. The van der Waals surface area contributed by atoms with E-state index in [2.05, 4.69) is 20.9 Å². The van der Waals surface area contributed by atoms with Crippen LogP contribution in [0.4, 0.5) is 10.6 Å². The Labute approximate surface area is 127 Å². The number of amides is 2. The van der Waals surface area contributed by atoms with Crippen molar-refractivity contribution in [2.75, 3.05) is 25.0 Å². The molecule has 112 valence electrons. The highest BCUT2D eigenvalue weighted by Crippen LogP contribution is 2.21. The number of hydrogen-bond donors (Lipinski definition) is 4. The Morgan fingerprint density at radius 1 is 1.35 bits per heavy atom. The molecule has 0 aliphatic rings. The van der Waals surface area contributed by atoms with Gasteiger partial charge in [0.1, 0.15) is 5.82 Å². The highest BCUT2D eigenvalue weighted by atomic mass is 35.5. The number of hydrogen-bond acceptors (Lipinski definition) is 4. The summed E-state index contributed by atoms with van der Waals surface area (Å²) in [5, 5.41) is 18.2. The quantitative estimate of drug-likeness (QED) is 0.578. The molecule has 0 aliphatic carbocycles. The van der Waals surface area contributed by atoms with Gasteiger partial charge in [-0.3, -0.25) is 0 Å². The molecule has 0 aromatic carbocycles. The van der Waals surface area contributed by atoms with Crippen LogP contribution in [0.5, 0.6) is 0 Å². The average Bonchev–Trinajstić information content (AvgIpc) is 2.36. The standard InChI is InChI=1S/C12H18Cl2N4O2/c1-8(19)2-3-16-12(20)17-5-4-15-11-10(14)6-9(13)7-18-11/h6-8,19H,2-5H2,1H3,(H,15,18)(H2,16,17,20). The Morgan fingerprint density at radius 2 is 2.05 bits per heavy atom. The summed E-state index contributed by atoms with van der Waals surface area (Å²) < 4.78 is 0. The van der Waals surface area contributed by atoms with E-state index in [0.717, 1.165) is 0 Å². The van der Waals surface area contributed by atoms with Gasteiger partial charge in [-0.15, -0.1) is 0 Å². The van der Waals surface area contributed by atoms with Crippen LogP contribution >= 0.6 is 23.2 Å². The molecule has 1 unspecified atom stereocenters. The van der Waals surface area contributed by atoms with Gasteiger partial charge in [0.05, 0.1) is 16.1 Å². The minimum Gasteiger partial charge on any atom is -0.393 e. The number of urea groups is 1. The summed E-state index contributed by atoms with van der Waals surface area (Å²) in [6.45, 7) is 3.01. The minimum absolute atomic E-state index is 0.275. The zero-order chi connectivity index (χ0) is 15.0. The van der Waals surface area contributed by atoms with E-state index in [1.54, 1.807) is 13.0 Å². The third-order valence-electron chi connectivity index (χ3n) is 2.36. The summed E-state index contributed by atoms with van der Waals surface area (Å²) in [7, 11) is 0. The average molecular weight is 321 g/mol. The van der Waals surface area contributed by atoms with E-state index in [1.165, 1.54) is 6.20 Å². The molecule has 0 bridgehead atoms. The fourth-order valence-corrected chi connectivity index (χ4v) is 1.81. The van der Waals surface area contributed by atoms with Crippen molar-refractivity contribution in [3.05, 3.63) is 22.3 Å². The Balaban J connectivity index is 2.16. The van der Waals surface area contributed by atoms with Gasteiger partial charge in [-0.2, -0.15) is 0 Å². The van der Waals surface area contributed by atoms with Gasteiger partial charge in [0.15, 0.2) is 0 Å². The summed E-state index contributed by atoms with van der Waals surface area (Å²) in [6, 6.07) is 1.32. The van der Waals surface area contributed by atoms with Crippen LogP contribution in [0, 0.1) is 0 Å². The largest absolute Gasteiger partial charge is 0.393 e. The number of halogens is 2. The number of rotatable bonds is 7. The maximum atomic E-state index is 11.4. The number of aliphatic hydroxyl groups is 1. The smallest absolute Gasteiger partial charge is 0.314 e. The normalized spacial score (nSPS) is 11.8. The van der Waals surface area contributed by atoms with E-state index >= 15 is 0 Å². The van der Waals surface area contributed by atoms with E-state index in [4.69, 9.17) is 28.3 Å². The van der Waals surface area contributed by atoms with Crippen molar-refractivity contribution >= 4 is 35.1 Å². The van der Waals surface area contributed by atoms with Gasteiger partial charge >= 0.3 is 6.03 Å². The SMILES string of the molecule is CC(O)CCNC(=O)NCCNc1ncc(Cl)cc1Cl. The summed E-state index contributed by atoms with van der Waals surface area (Å²) in [5.74, 6) is 0.521. The van der Waals surface area contributed by atoms with Gasteiger partial charge in [-0.1, -0.05) is 23.2 Å². The summed E-state index contributed by atoms with van der Waals surface area (Å²) in [6.07, 6.45) is 1.59. The number of nitrogens with zero attached hydrogens (tertiary/aromatic N) is 1. The lowest BCUT2D eigenvalue weighted by Gasteiger charge is -2.10. The molecule has 2 amide bonds. The fraction of sp³-hybridized carbons (Fsp3) is 0.500. The van der Waals surface area contributed by atoms with Gasteiger partial charge < -0.3 is 21.1 Å². The second-order valence-electron chi connectivity index (χ2n) is 4.23. The van der Waals surface area contributed by atoms with Crippen LogP contribution in [0.3, 0.4) is 0 Å². The van der Waals surface area contributed by atoms with Crippen LogP contribution in [-0.2, 0) is 0 Å². The van der Waals surface area contributed by atoms with E-state index in [1.807, 2.05) is 0 Å². The third kappa shape index (κ3) is 6.79. The minimum atomic E-state index is -0.421. The van der Waals surface area contributed by atoms with Gasteiger partial charge in [0, 0.05) is 25.8 Å². The lowest BCUT2D eigenvalue weighted by molar-refractivity contribution is 0.183. The molecule has 0 aliphatic heterocycles. The third-order valence-corrected chi connectivity index (χ3v) is 2.85. The molecule has 6 nitrogen and oxygen atoms in total. The zero-order valence-corrected chi connectivity index (χ0v) is 12.6. The van der Waals surface area contributed by atoms with Crippen molar-refractivity contribution in [3.8, 4) is 0 Å². The van der Waals surface area contributed by atoms with Crippen LogP contribution < -0.4 is 16.0 Å². The molecule has 20 heavy (non-hydrogen) atoms. The number of carbonyl (C=O) groups excluding carboxylic acids is 1. The van der Waals surface area contributed by atoms with Crippen molar-refractivity contribution in [2.45, 2.75) is 19.4 Å². The molecule has 0 saturated heterocycles. The molecule has 1 rings (SSSR count). The van der Waals surface area contributed by atoms with Crippen molar-refractivity contribution in [3.63, 3.8) is 0 Å². The molecule has 0 fully saturated rings. The van der Waals surface area contributed by atoms with Crippen LogP contribution in [0.15, 0.2) is 12.3 Å². The lowest BCUT2D eigenvalue weighted by Crippen LogP contribution is -2.39. The number of aliphatic hydroxyl groups excluding tert-OH is 1. The molecule has 8 heteroatoms. The Hall–Kier alpha value is -1.24. The van der Waals surface area contributed by atoms with Gasteiger partial charge in [-0.25, -0.2) is 9.78 Å². The summed E-state index contributed by atoms with van der Waals surface area (Å²) >= 11 is 11.7. The second kappa shape index (κ2) is 8.84. The Kier molecular flexibility index (Phi) is 7.43. The summed E-state index contributed by atoms with van der Waals surface area (Å²) in [4.78, 5) is 15.4. The van der Waals surface area contributed by atoms with Crippen molar-refractivity contribution < 1.29 is 9.90 Å². The topological polar surface area (TPSA) is 86.3 Å². The molecule has 1 heterocycles. The van der Waals surface area contributed by atoms with Gasteiger partial charge in [0.2, 0.25) is 0 Å². The first kappa shape index (κ1) is 16.8. The van der Waals surface area contributed by atoms with Gasteiger partial charge in [0.25, 0.3) is 0 Å². The number of nitrogens with one attached hydrogen (secondary N) is 3. The van der Waals surface area contributed by atoms with Crippen molar-refractivity contribution in [1.82, 2.24) is 15.6 Å². The molecule has 0 spiro atoms.